The molecule has 0 radical (unpaired) electrons. The van der Waals surface area contributed by atoms with Gasteiger partial charge in [0.25, 0.3) is 0 Å². The summed E-state index contributed by atoms with van der Waals surface area (Å²) in [6.45, 7) is 3.66. The number of nitrogens with two attached hydrogens (primary N) is 1. The van der Waals surface area contributed by atoms with Crippen LogP contribution in [0.2, 0.25) is 0 Å². The fraction of sp³-hybridized carbons (Fsp3) is 0.167. The summed E-state index contributed by atoms with van der Waals surface area (Å²) >= 11 is 0. The van der Waals surface area contributed by atoms with Crippen molar-refractivity contribution in [1.29, 1.82) is 0 Å². The van der Waals surface area contributed by atoms with E-state index in [0.29, 0.717) is 11.3 Å². The van der Waals surface area contributed by atoms with Crippen molar-refractivity contribution in [2.75, 3.05) is 5.73 Å². The number of halogens is 1. The maximum absolute atomic E-state index is 13.6. The van der Waals surface area contributed by atoms with E-state index in [9.17, 15) is 4.39 Å². The Balaban J connectivity index is 2.59. The molecule has 2 aromatic rings. The number of hydrogen-bond donors (Lipinski definition) is 1. The normalized spacial score (nSPS) is 10.6. The second-order valence-electron chi connectivity index (χ2n) is 3.57. The van der Waals surface area contributed by atoms with E-state index in [1.165, 1.54) is 6.07 Å². The first kappa shape index (κ1) is 9.77. The number of furan rings is 1. The quantitative estimate of drug-likeness (QED) is 0.725. The van der Waals surface area contributed by atoms with Gasteiger partial charge in [-0.3, -0.25) is 0 Å². The first-order valence-corrected chi connectivity index (χ1v) is 4.70. The van der Waals surface area contributed by atoms with Crippen LogP contribution in [0.3, 0.4) is 0 Å². The molecule has 0 saturated carbocycles. The second-order valence-corrected chi connectivity index (χ2v) is 3.57. The first-order valence-electron chi connectivity index (χ1n) is 4.70. The van der Waals surface area contributed by atoms with Crippen molar-refractivity contribution < 1.29 is 8.81 Å². The van der Waals surface area contributed by atoms with Gasteiger partial charge >= 0.3 is 0 Å². The Morgan fingerprint density at radius 1 is 1.13 bits per heavy atom. The third-order valence-electron chi connectivity index (χ3n) is 2.32. The molecule has 2 nitrogen and oxygen atoms in total. The zero-order valence-electron chi connectivity index (χ0n) is 8.67. The van der Waals surface area contributed by atoms with Gasteiger partial charge in [0.05, 0.1) is 0 Å². The predicted molar refractivity (Wildman–Crippen MR) is 58.0 cm³/mol. The van der Waals surface area contributed by atoms with E-state index >= 15 is 0 Å². The van der Waals surface area contributed by atoms with Gasteiger partial charge in [-0.1, -0.05) is 0 Å². The molecule has 1 aromatic heterocycles. The molecule has 0 fully saturated rings. The van der Waals surface area contributed by atoms with E-state index < -0.39 is 0 Å². The molecule has 78 valence electrons. The predicted octanol–water partition coefficient (Wildman–Crippen LogP) is 3.28. The zero-order valence-corrected chi connectivity index (χ0v) is 8.67. The molecule has 2 N–H and O–H groups in total. The van der Waals surface area contributed by atoms with Crippen LogP contribution in [0.15, 0.2) is 28.7 Å². The monoisotopic (exact) mass is 205 g/mol. The van der Waals surface area contributed by atoms with Crippen LogP contribution in [0.25, 0.3) is 11.1 Å². The molecular weight excluding hydrogens is 193 g/mol. The van der Waals surface area contributed by atoms with E-state index in [2.05, 4.69) is 0 Å². The van der Waals surface area contributed by atoms with Gasteiger partial charge in [-0.25, -0.2) is 4.39 Å². The average Bonchev–Trinajstić information content (AvgIpc) is 2.45. The van der Waals surface area contributed by atoms with E-state index in [4.69, 9.17) is 10.2 Å². The number of aryl methyl sites for hydroxylation is 2. The first-order chi connectivity index (χ1) is 7.08. The van der Waals surface area contributed by atoms with Crippen molar-refractivity contribution in [1.82, 2.24) is 0 Å². The smallest absolute Gasteiger partial charge is 0.133 e. The Hall–Kier alpha value is -1.77. The molecule has 15 heavy (non-hydrogen) atoms. The van der Waals surface area contributed by atoms with Crippen molar-refractivity contribution in [2.45, 2.75) is 13.8 Å². The van der Waals surface area contributed by atoms with E-state index in [-0.39, 0.29) is 5.82 Å². The highest BCUT2D eigenvalue weighted by Gasteiger charge is 2.11. The second kappa shape index (κ2) is 3.42. The van der Waals surface area contributed by atoms with Crippen molar-refractivity contribution in [3.05, 3.63) is 41.6 Å². The standard InChI is InChI=1S/C12H12FNO/c1-7-5-11(8(2)15-7)10-4-3-9(14)6-12(10)13/h3-6H,14H2,1-2H3. The average molecular weight is 205 g/mol. The highest BCUT2D eigenvalue weighted by molar-refractivity contribution is 5.68. The summed E-state index contributed by atoms with van der Waals surface area (Å²) in [6.07, 6.45) is 0. The molecule has 0 bridgehead atoms. The summed E-state index contributed by atoms with van der Waals surface area (Å²) in [5.41, 5.74) is 7.22. The molecule has 3 heteroatoms. The molecule has 2 rings (SSSR count). The molecule has 1 aromatic carbocycles. The SMILES string of the molecule is Cc1cc(-c2ccc(N)cc2F)c(C)o1. The Labute approximate surface area is 87.5 Å². The van der Waals surface area contributed by atoms with E-state index in [1.807, 2.05) is 19.9 Å². The summed E-state index contributed by atoms with van der Waals surface area (Å²) in [4.78, 5) is 0. The van der Waals surface area contributed by atoms with Crippen LogP contribution in [-0.4, -0.2) is 0 Å². The number of hydrogen-bond acceptors (Lipinski definition) is 2. The number of benzene rings is 1. The molecule has 0 aliphatic heterocycles. The number of rotatable bonds is 1. The van der Waals surface area contributed by atoms with Gasteiger partial charge in [-0.05, 0) is 38.1 Å². The summed E-state index contributed by atoms with van der Waals surface area (Å²) < 4.78 is 19.0. The fourth-order valence-corrected chi connectivity index (χ4v) is 1.65. The van der Waals surface area contributed by atoms with Crippen molar-refractivity contribution in [2.24, 2.45) is 0 Å². The highest BCUT2D eigenvalue weighted by atomic mass is 19.1. The molecule has 0 atom stereocenters. The van der Waals surface area contributed by atoms with E-state index in [0.717, 1.165) is 17.1 Å². The number of anilines is 1. The lowest BCUT2D eigenvalue weighted by atomic mass is 10.1. The molecule has 0 unspecified atom stereocenters. The van der Waals surface area contributed by atoms with Crippen LogP contribution in [0.5, 0.6) is 0 Å². The molecule has 0 amide bonds. The third kappa shape index (κ3) is 1.73. The minimum atomic E-state index is -0.320. The lowest BCUT2D eigenvalue weighted by Gasteiger charge is -2.02. The largest absolute Gasteiger partial charge is 0.466 e. The minimum absolute atomic E-state index is 0.320. The third-order valence-corrected chi connectivity index (χ3v) is 2.32. The van der Waals surface area contributed by atoms with Gasteiger partial charge in [0.1, 0.15) is 17.3 Å². The van der Waals surface area contributed by atoms with Crippen LogP contribution in [-0.2, 0) is 0 Å². The topological polar surface area (TPSA) is 39.2 Å². The Kier molecular flexibility index (Phi) is 2.23. The van der Waals surface area contributed by atoms with Crippen LogP contribution in [0.4, 0.5) is 10.1 Å². The summed E-state index contributed by atoms with van der Waals surface area (Å²) in [6, 6.07) is 6.49. The van der Waals surface area contributed by atoms with Gasteiger partial charge in [-0.2, -0.15) is 0 Å². The lowest BCUT2D eigenvalue weighted by Crippen LogP contribution is -1.89. The molecule has 1 heterocycles. The van der Waals surface area contributed by atoms with Gasteiger partial charge in [-0.15, -0.1) is 0 Å². The highest BCUT2D eigenvalue weighted by Crippen LogP contribution is 2.29. The molecule has 0 aliphatic rings. The maximum atomic E-state index is 13.6. The van der Waals surface area contributed by atoms with Crippen LogP contribution < -0.4 is 5.73 Å². The molecule has 0 saturated heterocycles. The van der Waals surface area contributed by atoms with Gasteiger partial charge in [0.2, 0.25) is 0 Å². The Bertz CT molecular complexity index is 502. The maximum Gasteiger partial charge on any atom is 0.133 e. The van der Waals surface area contributed by atoms with Gasteiger partial charge in [0.15, 0.2) is 0 Å². The Morgan fingerprint density at radius 2 is 1.87 bits per heavy atom. The van der Waals surface area contributed by atoms with E-state index in [1.54, 1.807) is 12.1 Å². The Morgan fingerprint density at radius 3 is 2.40 bits per heavy atom. The molecule has 0 aliphatic carbocycles. The van der Waals surface area contributed by atoms with Gasteiger partial charge < -0.3 is 10.2 Å². The van der Waals surface area contributed by atoms with Crippen LogP contribution in [0, 0.1) is 19.7 Å². The molecular formula is C12H12FNO. The summed E-state index contributed by atoms with van der Waals surface area (Å²) in [5.74, 6) is 1.17. The number of nitrogen functional groups attached to an aromatic ring is 1. The summed E-state index contributed by atoms with van der Waals surface area (Å²) in [7, 11) is 0. The van der Waals surface area contributed by atoms with Crippen molar-refractivity contribution >= 4 is 5.69 Å². The fourth-order valence-electron chi connectivity index (χ4n) is 1.65. The van der Waals surface area contributed by atoms with Gasteiger partial charge in [0, 0.05) is 16.8 Å². The van der Waals surface area contributed by atoms with Crippen LogP contribution >= 0.6 is 0 Å². The minimum Gasteiger partial charge on any atom is -0.466 e. The zero-order chi connectivity index (χ0) is 11.0. The summed E-state index contributed by atoms with van der Waals surface area (Å²) in [5, 5.41) is 0. The van der Waals surface area contributed by atoms with Crippen molar-refractivity contribution in [3.63, 3.8) is 0 Å². The van der Waals surface area contributed by atoms with Crippen molar-refractivity contribution in [3.8, 4) is 11.1 Å². The molecule has 0 spiro atoms. The van der Waals surface area contributed by atoms with Crippen LogP contribution in [0.1, 0.15) is 11.5 Å². The lowest BCUT2D eigenvalue weighted by molar-refractivity contribution is 0.505.